The maximum atomic E-state index is 12.4. The summed E-state index contributed by atoms with van der Waals surface area (Å²) < 4.78 is 27.7. The fourth-order valence-corrected chi connectivity index (χ4v) is 4.66. The maximum absolute atomic E-state index is 12.4. The third-order valence-electron chi connectivity index (χ3n) is 5.13. The topological polar surface area (TPSA) is 49.4 Å². The van der Waals surface area contributed by atoms with Crippen molar-refractivity contribution in [3.63, 3.8) is 0 Å². The highest BCUT2D eigenvalue weighted by Gasteiger charge is 2.21. The van der Waals surface area contributed by atoms with Crippen molar-refractivity contribution in [1.82, 2.24) is 9.62 Å². The molecule has 5 heteroatoms. The van der Waals surface area contributed by atoms with Crippen LogP contribution in [0.15, 0.2) is 59.5 Å². The van der Waals surface area contributed by atoms with Crippen LogP contribution in [0.5, 0.6) is 0 Å². The Morgan fingerprint density at radius 1 is 1.04 bits per heavy atom. The first-order valence-corrected chi connectivity index (χ1v) is 10.8. The van der Waals surface area contributed by atoms with Crippen LogP contribution < -0.4 is 4.72 Å². The van der Waals surface area contributed by atoms with Gasteiger partial charge in [-0.1, -0.05) is 42.5 Å². The van der Waals surface area contributed by atoms with Crippen LogP contribution in [0, 0.1) is 12.8 Å². The molecule has 26 heavy (non-hydrogen) atoms. The summed E-state index contributed by atoms with van der Waals surface area (Å²) in [4.78, 5) is 2.84. The zero-order valence-electron chi connectivity index (χ0n) is 15.4. The molecule has 1 heterocycles. The number of benzene rings is 2. The fourth-order valence-electron chi connectivity index (χ4n) is 3.44. The highest BCUT2D eigenvalue weighted by Crippen LogP contribution is 2.18. The number of nitrogens with one attached hydrogen (secondary N) is 1. The van der Waals surface area contributed by atoms with Gasteiger partial charge in [0.2, 0.25) is 10.0 Å². The Balaban J connectivity index is 1.42. The Bertz CT molecular complexity index is 798. The van der Waals surface area contributed by atoms with Gasteiger partial charge in [0.05, 0.1) is 4.90 Å². The Kier molecular flexibility index (Phi) is 6.46. The number of likely N-dealkylation sites (tertiary alicyclic amines) is 1. The van der Waals surface area contributed by atoms with Gasteiger partial charge < -0.3 is 4.90 Å². The van der Waals surface area contributed by atoms with Crippen LogP contribution in [0.1, 0.15) is 24.0 Å². The molecule has 0 bridgehead atoms. The van der Waals surface area contributed by atoms with Crippen molar-refractivity contribution in [3.8, 4) is 0 Å². The van der Waals surface area contributed by atoms with Crippen molar-refractivity contribution >= 4 is 10.0 Å². The SMILES string of the molecule is Cc1cccc(S(=O)(=O)NCC2CCN(CCc3ccccc3)CC2)c1. The van der Waals surface area contributed by atoms with E-state index in [1.54, 1.807) is 18.2 Å². The first-order chi connectivity index (χ1) is 12.5. The van der Waals surface area contributed by atoms with E-state index in [0.29, 0.717) is 17.4 Å². The van der Waals surface area contributed by atoms with E-state index in [1.165, 1.54) is 5.56 Å². The van der Waals surface area contributed by atoms with Crippen molar-refractivity contribution in [2.75, 3.05) is 26.2 Å². The lowest BCUT2D eigenvalue weighted by Gasteiger charge is -2.32. The molecule has 3 rings (SSSR count). The van der Waals surface area contributed by atoms with E-state index in [4.69, 9.17) is 0 Å². The van der Waals surface area contributed by atoms with Crippen LogP contribution in [0.2, 0.25) is 0 Å². The molecule has 0 aromatic heterocycles. The summed E-state index contributed by atoms with van der Waals surface area (Å²) in [6.45, 7) is 5.60. The first-order valence-electron chi connectivity index (χ1n) is 9.35. The number of hydrogen-bond donors (Lipinski definition) is 1. The summed E-state index contributed by atoms with van der Waals surface area (Å²) in [7, 11) is -3.41. The minimum absolute atomic E-state index is 0.359. The highest BCUT2D eigenvalue weighted by atomic mass is 32.2. The summed E-state index contributed by atoms with van der Waals surface area (Å²) in [5.74, 6) is 0.419. The van der Waals surface area contributed by atoms with Gasteiger partial charge in [-0.15, -0.1) is 0 Å². The average molecular weight is 373 g/mol. The van der Waals surface area contributed by atoms with Gasteiger partial charge in [0.1, 0.15) is 0 Å². The summed E-state index contributed by atoms with van der Waals surface area (Å²) in [6.07, 6.45) is 3.17. The molecule has 1 aliphatic rings. The Morgan fingerprint density at radius 3 is 2.46 bits per heavy atom. The van der Waals surface area contributed by atoms with Gasteiger partial charge in [-0.3, -0.25) is 0 Å². The predicted molar refractivity (Wildman–Crippen MR) is 106 cm³/mol. The molecule has 1 fully saturated rings. The second kappa shape index (κ2) is 8.80. The van der Waals surface area contributed by atoms with E-state index in [0.717, 1.165) is 44.5 Å². The van der Waals surface area contributed by atoms with Crippen molar-refractivity contribution in [1.29, 1.82) is 0 Å². The van der Waals surface area contributed by atoms with Gasteiger partial charge >= 0.3 is 0 Å². The number of nitrogens with zero attached hydrogens (tertiary/aromatic N) is 1. The van der Waals surface area contributed by atoms with Gasteiger partial charge in [0.25, 0.3) is 0 Å². The number of hydrogen-bond acceptors (Lipinski definition) is 3. The monoisotopic (exact) mass is 372 g/mol. The van der Waals surface area contributed by atoms with Crippen LogP contribution in [0.4, 0.5) is 0 Å². The lowest BCUT2D eigenvalue weighted by Crippen LogP contribution is -2.39. The minimum Gasteiger partial charge on any atom is -0.303 e. The van der Waals surface area contributed by atoms with Gasteiger partial charge in [-0.2, -0.15) is 0 Å². The van der Waals surface area contributed by atoms with Crippen LogP contribution >= 0.6 is 0 Å². The predicted octanol–water partition coefficient (Wildman–Crippen LogP) is 3.23. The summed E-state index contributed by atoms with van der Waals surface area (Å²) >= 11 is 0. The molecule has 1 aliphatic heterocycles. The highest BCUT2D eigenvalue weighted by molar-refractivity contribution is 7.89. The molecular weight excluding hydrogens is 344 g/mol. The molecular formula is C21H28N2O2S. The van der Waals surface area contributed by atoms with E-state index in [1.807, 2.05) is 19.1 Å². The summed E-state index contributed by atoms with van der Waals surface area (Å²) in [5.41, 5.74) is 2.33. The zero-order chi connectivity index (χ0) is 18.4. The van der Waals surface area contributed by atoms with Gasteiger partial charge in [0, 0.05) is 13.1 Å². The third-order valence-corrected chi connectivity index (χ3v) is 6.55. The quantitative estimate of drug-likeness (QED) is 0.812. The first kappa shape index (κ1) is 19.1. The van der Waals surface area contributed by atoms with Crippen LogP contribution in [0.3, 0.4) is 0 Å². The second-order valence-electron chi connectivity index (χ2n) is 7.19. The molecule has 4 nitrogen and oxygen atoms in total. The van der Waals surface area contributed by atoms with E-state index >= 15 is 0 Å². The number of sulfonamides is 1. The summed E-state index contributed by atoms with van der Waals surface area (Å²) in [5, 5.41) is 0. The van der Waals surface area contributed by atoms with E-state index < -0.39 is 10.0 Å². The molecule has 0 spiro atoms. The van der Waals surface area contributed by atoms with E-state index in [9.17, 15) is 8.42 Å². The minimum atomic E-state index is -3.41. The normalized spacial score (nSPS) is 16.7. The van der Waals surface area contributed by atoms with Gasteiger partial charge in [-0.25, -0.2) is 13.1 Å². The molecule has 0 atom stereocenters. The number of rotatable bonds is 7. The van der Waals surface area contributed by atoms with E-state index in [2.05, 4.69) is 33.9 Å². The average Bonchev–Trinajstić information content (AvgIpc) is 2.66. The number of piperidine rings is 1. The smallest absolute Gasteiger partial charge is 0.240 e. The fraction of sp³-hybridized carbons (Fsp3) is 0.429. The van der Waals surface area contributed by atoms with Crippen LogP contribution in [-0.4, -0.2) is 39.5 Å². The maximum Gasteiger partial charge on any atom is 0.240 e. The molecule has 0 radical (unpaired) electrons. The van der Waals surface area contributed by atoms with Crippen LogP contribution in [-0.2, 0) is 16.4 Å². The lowest BCUT2D eigenvalue weighted by molar-refractivity contribution is 0.187. The Morgan fingerprint density at radius 2 is 1.77 bits per heavy atom. The largest absolute Gasteiger partial charge is 0.303 e. The standard InChI is InChI=1S/C21H28N2O2S/c1-18-6-5-9-21(16-18)26(24,25)22-17-20-11-14-23(15-12-20)13-10-19-7-3-2-4-8-19/h2-9,16,20,22H,10-15,17H2,1H3. The van der Waals surface area contributed by atoms with Crippen molar-refractivity contribution in [2.24, 2.45) is 5.92 Å². The summed E-state index contributed by atoms with van der Waals surface area (Å²) in [6, 6.07) is 17.6. The molecule has 2 aromatic rings. The van der Waals surface area contributed by atoms with Crippen molar-refractivity contribution in [2.45, 2.75) is 31.1 Å². The molecule has 0 amide bonds. The van der Waals surface area contributed by atoms with E-state index in [-0.39, 0.29) is 0 Å². The second-order valence-corrected chi connectivity index (χ2v) is 8.96. The van der Waals surface area contributed by atoms with Gasteiger partial charge in [0.15, 0.2) is 0 Å². The molecule has 0 saturated carbocycles. The molecule has 0 unspecified atom stereocenters. The molecule has 0 aliphatic carbocycles. The third kappa shape index (κ3) is 5.40. The lowest BCUT2D eigenvalue weighted by atomic mass is 9.97. The zero-order valence-corrected chi connectivity index (χ0v) is 16.2. The van der Waals surface area contributed by atoms with Crippen LogP contribution in [0.25, 0.3) is 0 Å². The Labute approximate surface area is 157 Å². The molecule has 2 aromatic carbocycles. The van der Waals surface area contributed by atoms with Crippen molar-refractivity contribution in [3.05, 3.63) is 65.7 Å². The molecule has 1 saturated heterocycles. The Hall–Kier alpha value is -1.69. The number of aryl methyl sites for hydroxylation is 1. The van der Waals surface area contributed by atoms with Gasteiger partial charge in [-0.05, 0) is 68.5 Å². The molecule has 1 N–H and O–H groups in total. The molecule has 140 valence electrons. The van der Waals surface area contributed by atoms with Crippen molar-refractivity contribution < 1.29 is 8.42 Å².